The molecule has 12 nitrogen and oxygen atoms in total. The minimum Gasteiger partial charge on any atom is -0.480 e. The molecule has 17 heteroatoms. The zero-order valence-corrected chi connectivity index (χ0v) is 29.9. The van der Waals surface area contributed by atoms with Crippen molar-refractivity contribution in [3.63, 3.8) is 0 Å². The van der Waals surface area contributed by atoms with Crippen molar-refractivity contribution in [2.45, 2.75) is 45.7 Å². The van der Waals surface area contributed by atoms with Gasteiger partial charge in [-0.15, -0.1) is 22.7 Å². The molecule has 1 aromatic carbocycles. The molecule has 2 N–H and O–H groups in total. The average Bonchev–Trinajstić information content (AvgIpc) is 3.73. The highest BCUT2D eigenvalue weighted by atomic mass is 32.2. The monoisotopic (exact) mass is 733 g/mol. The number of hydrogen-bond acceptors (Lipinski definition) is 12. The van der Waals surface area contributed by atoms with E-state index in [0.717, 1.165) is 84.8 Å². The predicted octanol–water partition coefficient (Wildman–Crippen LogP) is 2.68. The number of amides is 1. The van der Waals surface area contributed by atoms with Crippen molar-refractivity contribution in [2.24, 2.45) is 0 Å². The second-order valence-electron chi connectivity index (χ2n) is 10.2. The first kappa shape index (κ1) is 34.7. The number of benzene rings is 1. The summed E-state index contributed by atoms with van der Waals surface area (Å²) in [6.45, 7) is 9.44. The molecule has 3 aromatic rings. The molecule has 47 heavy (non-hydrogen) atoms. The summed E-state index contributed by atoms with van der Waals surface area (Å²) in [5.41, 5.74) is 1.26. The van der Waals surface area contributed by atoms with E-state index < -0.39 is 36.5 Å². The van der Waals surface area contributed by atoms with E-state index >= 15 is 0 Å². The highest BCUT2D eigenvalue weighted by molar-refractivity contribution is 8.30. The van der Waals surface area contributed by atoms with E-state index in [0.29, 0.717) is 9.20 Å². The van der Waals surface area contributed by atoms with Gasteiger partial charge in [-0.05, 0) is 58.0 Å². The van der Waals surface area contributed by atoms with E-state index in [4.69, 9.17) is 12.2 Å². The number of aromatic nitrogens is 2. The predicted molar refractivity (Wildman–Crippen MR) is 192 cm³/mol. The van der Waals surface area contributed by atoms with Crippen LogP contribution >= 0.6 is 58.4 Å². The second kappa shape index (κ2) is 14.2. The largest absolute Gasteiger partial charge is 0.480 e. The molecule has 0 bridgehead atoms. The molecule has 0 radical (unpaired) electrons. The quantitative estimate of drug-likeness (QED) is 0.296. The van der Waals surface area contributed by atoms with Crippen molar-refractivity contribution >= 4 is 103 Å². The van der Waals surface area contributed by atoms with E-state index in [-0.39, 0.29) is 30.5 Å². The van der Waals surface area contributed by atoms with Crippen LogP contribution in [0.25, 0.3) is 11.0 Å². The Morgan fingerprint density at radius 1 is 0.851 bits per heavy atom. The minimum atomic E-state index is -1.31. The number of thiocarbonyl (C=S) groups is 1. The molecule has 2 aliphatic heterocycles. The maximum absolute atomic E-state index is 13.7. The highest BCUT2D eigenvalue weighted by Crippen LogP contribution is 2.47. The van der Waals surface area contributed by atoms with Crippen molar-refractivity contribution < 1.29 is 24.6 Å². The summed E-state index contributed by atoms with van der Waals surface area (Å²) in [6.07, 6.45) is 3.63. The van der Waals surface area contributed by atoms with Gasteiger partial charge in [0.05, 0.1) is 15.2 Å². The van der Waals surface area contributed by atoms with Gasteiger partial charge in [0.25, 0.3) is 17.0 Å². The molecule has 0 aliphatic carbocycles. The van der Waals surface area contributed by atoms with Gasteiger partial charge in [0.2, 0.25) is 0 Å². The van der Waals surface area contributed by atoms with Crippen LogP contribution in [0.5, 0.6) is 0 Å². The van der Waals surface area contributed by atoms with Crippen molar-refractivity contribution in [3.8, 4) is 0 Å². The molecule has 248 valence electrons. The number of thioether (sulfide) groups is 2. The van der Waals surface area contributed by atoms with Gasteiger partial charge in [-0.3, -0.25) is 38.0 Å². The minimum absolute atomic E-state index is 0.0134. The Morgan fingerprint density at radius 3 is 2.17 bits per heavy atom. The van der Waals surface area contributed by atoms with E-state index in [1.807, 2.05) is 6.08 Å². The van der Waals surface area contributed by atoms with Gasteiger partial charge in [0.1, 0.15) is 36.2 Å². The average molecular weight is 734 g/mol. The fourth-order valence-electron chi connectivity index (χ4n) is 5.26. The molecule has 4 heterocycles. The number of fused-ring (bicyclic) bond motifs is 1. The first-order valence-corrected chi connectivity index (χ1v) is 18.3. The lowest BCUT2D eigenvalue weighted by Gasteiger charge is -2.22. The fourth-order valence-corrected chi connectivity index (χ4v) is 10.2. The number of thiazole rings is 2. The van der Waals surface area contributed by atoms with Gasteiger partial charge >= 0.3 is 11.9 Å². The second-order valence-corrected chi connectivity index (χ2v) is 14.9. The molecule has 0 unspecified atom stereocenters. The topological polar surface area (TPSA) is 145 Å². The third-order valence-electron chi connectivity index (χ3n) is 7.47. The molecule has 0 saturated carbocycles. The van der Waals surface area contributed by atoms with Crippen LogP contribution in [0.15, 0.2) is 43.8 Å². The number of carbonyl (C=O) groups is 3. The van der Waals surface area contributed by atoms with Gasteiger partial charge in [-0.2, -0.15) is 0 Å². The number of rotatable bonds is 10. The number of nitrogens with zero attached hydrogens (tertiary/aromatic N) is 5. The van der Waals surface area contributed by atoms with Crippen LogP contribution in [0.2, 0.25) is 0 Å². The maximum atomic E-state index is 13.7. The molecular formula is C30H31N5O7S5. The standard InChI is InChI=1S/C30H31N5O7S5/c1-5-31(6-2)16-9-10-17-19(13-16)44-20(32(17)7-3)12-11-18-25(40)33(8-4)28(45-18)23-26(41)34(14-21(36)37)29(46-23)24-27(42)35(15-22(38)39)30(43)47-24/h9-13H,5-8,14-15H2,1-4H3,(H,36,37)(H,38,39)/b18-11?,20-12?,28-23-,29-24-. The third kappa shape index (κ3) is 6.59. The van der Waals surface area contributed by atoms with E-state index in [9.17, 15) is 34.2 Å². The molecule has 1 saturated heterocycles. The summed E-state index contributed by atoms with van der Waals surface area (Å²) in [5.74, 6) is -3.31. The third-order valence-corrected chi connectivity index (χ3v) is 12.6. The Hall–Kier alpha value is -3.64. The molecule has 0 spiro atoms. The Labute approximate surface area is 290 Å². The van der Waals surface area contributed by atoms with Gasteiger partial charge in [-0.1, -0.05) is 35.7 Å². The summed E-state index contributed by atoms with van der Waals surface area (Å²) in [6, 6.07) is 6.41. The summed E-state index contributed by atoms with van der Waals surface area (Å²) in [7, 11) is 0. The zero-order chi connectivity index (χ0) is 34.2. The summed E-state index contributed by atoms with van der Waals surface area (Å²) in [4.78, 5) is 69.9. The van der Waals surface area contributed by atoms with Gasteiger partial charge < -0.3 is 20.0 Å². The summed E-state index contributed by atoms with van der Waals surface area (Å²) < 4.78 is 3.26. The number of anilines is 2. The molecular weight excluding hydrogens is 703 g/mol. The van der Waals surface area contributed by atoms with Crippen LogP contribution in [0, 0.1) is 9.20 Å². The number of allylic oxidation sites excluding steroid dienone is 1. The van der Waals surface area contributed by atoms with Crippen molar-refractivity contribution in [1.82, 2.24) is 14.0 Å². The summed E-state index contributed by atoms with van der Waals surface area (Å²) >= 11 is 9.63. The molecule has 1 fully saturated rings. The Kier molecular flexibility index (Phi) is 10.5. The van der Waals surface area contributed by atoms with Gasteiger partial charge in [0, 0.05) is 36.8 Å². The Bertz CT molecular complexity index is 2180. The van der Waals surface area contributed by atoms with E-state index in [2.05, 4.69) is 48.8 Å². The van der Waals surface area contributed by atoms with Gasteiger partial charge in [-0.25, -0.2) is 0 Å². The zero-order valence-electron chi connectivity index (χ0n) is 25.8. The highest BCUT2D eigenvalue weighted by Gasteiger charge is 2.35. The first-order valence-electron chi connectivity index (χ1n) is 14.6. The van der Waals surface area contributed by atoms with E-state index in [1.165, 1.54) is 4.57 Å². The van der Waals surface area contributed by atoms with Crippen LogP contribution in [0.1, 0.15) is 27.7 Å². The number of carbonyl (C=O) groups excluding carboxylic acids is 1. The van der Waals surface area contributed by atoms with Crippen LogP contribution in [0.4, 0.5) is 11.4 Å². The fraction of sp³-hybridized carbons (Fsp3) is 0.333. The molecule has 2 aromatic heterocycles. The van der Waals surface area contributed by atoms with Crippen LogP contribution in [0.3, 0.4) is 0 Å². The normalized spacial score (nSPS) is 17.7. The molecule has 1 amide bonds. The number of carboxylic acid groups (broad SMARTS) is 2. The summed E-state index contributed by atoms with van der Waals surface area (Å²) in [5, 5.41) is 19.7. The van der Waals surface area contributed by atoms with Crippen LogP contribution < -0.4 is 30.1 Å². The number of aliphatic carboxylic acids is 2. The van der Waals surface area contributed by atoms with Crippen LogP contribution in [-0.4, -0.2) is 72.6 Å². The van der Waals surface area contributed by atoms with Crippen LogP contribution in [-0.2, 0) is 27.5 Å². The smallest absolute Gasteiger partial charge is 0.323 e. The van der Waals surface area contributed by atoms with Crippen molar-refractivity contribution in [2.75, 3.05) is 36.0 Å². The Balaban J connectivity index is 1.68. The molecule has 2 aliphatic rings. The molecule has 0 atom stereocenters. The Morgan fingerprint density at radius 2 is 1.55 bits per heavy atom. The lowest BCUT2D eigenvalue weighted by atomic mass is 10.2. The van der Waals surface area contributed by atoms with Crippen molar-refractivity contribution in [1.29, 1.82) is 0 Å². The van der Waals surface area contributed by atoms with E-state index in [1.54, 1.807) is 24.8 Å². The van der Waals surface area contributed by atoms with Crippen molar-refractivity contribution in [3.05, 3.63) is 68.4 Å². The SMILES string of the molecule is CCN(CC)c1ccc2c(c1)SC(=CC=c1s/c(=c3\s/c(=C4\SC(=S)N(CC(=O)O)C4=O)n(CC(=O)O)c3=O)n(CC)c1=O)N2CC. The first-order chi connectivity index (χ1) is 22.4. The number of hydrogen-bond donors (Lipinski definition) is 2. The molecule has 5 rings (SSSR count). The maximum Gasteiger partial charge on any atom is 0.323 e. The number of carboxylic acids is 2. The lowest BCUT2D eigenvalue weighted by molar-refractivity contribution is -0.140. The lowest BCUT2D eigenvalue weighted by Crippen LogP contribution is -2.35. The van der Waals surface area contributed by atoms with Gasteiger partial charge in [0.15, 0.2) is 0 Å².